The van der Waals surface area contributed by atoms with E-state index in [1.807, 2.05) is 0 Å². The third-order valence-electron chi connectivity index (χ3n) is 2.69. The lowest BCUT2D eigenvalue weighted by Crippen LogP contribution is -2.23. The molecule has 0 atom stereocenters. The van der Waals surface area contributed by atoms with Crippen LogP contribution in [0.25, 0.3) is 0 Å². The number of hydrogen-bond donors (Lipinski definition) is 0. The van der Waals surface area contributed by atoms with Crippen LogP contribution >= 0.6 is 0 Å². The molecule has 5 heteroatoms. The van der Waals surface area contributed by atoms with Crippen LogP contribution in [0.3, 0.4) is 0 Å². The van der Waals surface area contributed by atoms with Crippen LogP contribution in [0.1, 0.15) is 16.7 Å². The third kappa shape index (κ3) is 3.03. The van der Waals surface area contributed by atoms with Gasteiger partial charge in [0.05, 0.1) is 11.3 Å². The summed E-state index contributed by atoms with van der Waals surface area (Å²) < 4.78 is 0. The molecule has 0 bridgehead atoms. The van der Waals surface area contributed by atoms with Gasteiger partial charge in [-0.25, -0.2) is 0 Å². The van der Waals surface area contributed by atoms with Crippen LogP contribution in [0.2, 0.25) is 0 Å². The van der Waals surface area contributed by atoms with Gasteiger partial charge < -0.3 is 4.90 Å². The lowest BCUT2D eigenvalue weighted by atomic mass is 10.0. The fraction of sp³-hybridized carbons (Fsp3) is 0.417. The van der Waals surface area contributed by atoms with Crippen LogP contribution in [-0.4, -0.2) is 29.8 Å². The Morgan fingerprint density at radius 1 is 1.29 bits per heavy atom. The number of benzene rings is 1. The molecule has 0 saturated heterocycles. The second-order valence-corrected chi connectivity index (χ2v) is 4.29. The number of amides is 1. The number of carbonyl (C=O) groups excluding carboxylic acids is 1. The topological polar surface area (TPSA) is 63.5 Å². The van der Waals surface area contributed by atoms with E-state index in [1.165, 1.54) is 11.0 Å². The van der Waals surface area contributed by atoms with Crippen molar-refractivity contribution in [3.05, 3.63) is 38.9 Å². The average Bonchev–Trinajstić information content (AvgIpc) is 2.22. The molecule has 1 aromatic rings. The molecular formula is C12H16N2O3. The summed E-state index contributed by atoms with van der Waals surface area (Å²) in [6, 6.07) is 3.24. The number of nitro groups is 1. The molecule has 0 spiro atoms. The summed E-state index contributed by atoms with van der Waals surface area (Å²) in [4.78, 5) is 23.4. The molecule has 1 rings (SSSR count). The predicted octanol–water partition coefficient (Wildman–Crippen LogP) is 1.84. The Balaban J connectivity index is 3.08. The summed E-state index contributed by atoms with van der Waals surface area (Å²) in [7, 11) is 3.38. The molecule has 0 heterocycles. The molecule has 92 valence electrons. The molecular weight excluding hydrogens is 220 g/mol. The first-order valence-electron chi connectivity index (χ1n) is 5.27. The normalized spacial score (nSPS) is 10.1. The highest BCUT2D eigenvalue weighted by molar-refractivity contribution is 5.78. The predicted molar refractivity (Wildman–Crippen MR) is 65.0 cm³/mol. The van der Waals surface area contributed by atoms with Gasteiger partial charge in [-0.2, -0.15) is 0 Å². The standard InChI is InChI=1S/C12H16N2O3/c1-8-6-11(14(16)17)9(2)5-10(8)7-12(15)13(3)4/h5-6H,7H2,1-4H3. The average molecular weight is 236 g/mol. The summed E-state index contributed by atoms with van der Waals surface area (Å²) in [6.07, 6.45) is 0.275. The summed E-state index contributed by atoms with van der Waals surface area (Å²) in [5.41, 5.74) is 2.30. The molecule has 0 unspecified atom stereocenters. The molecule has 0 aromatic heterocycles. The zero-order valence-corrected chi connectivity index (χ0v) is 10.5. The Hall–Kier alpha value is -1.91. The number of rotatable bonds is 3. The Bertz CT molecular complexity index is 467. The third-order valence-corrected chi connectivity index (χ3v) is 2.69. The Morgan fingerprint density at radius 3 is 2.35 bits per heavy atom. The monoisotopic (exact) mass is 236 g/mol. The number of carbonyl (C=O) groups is 1. The molecule has 0 N–H and O–H groups in total. The van der Waals surface area contributed by atoms with Crippen molar-refractivity contribution in [2.24, 2.45) is 0 Å². The van der Waals surface area contributed by atoms with Gasteiger partial charge in [-0.1, -0.05) is 0 Å². The van der Waals surface area contributed by atoms with Crippen molar-refractivity contribution < 1.29 is 9.72 Å². The van der Waals surface area contributed by atoms with Crippen molar-refractivity contribution in [1.29, 1.82) is 0 Å². The molecule has 0 aliphatic carbocycles. The molecule has 0 aliphatic heterocycles. The lowest BCUT2D eigenvalue weighted by molar-refractivity contribution is -0.385. The molecule has 1 aromatic carbocycles. The zero-order chi connectivity index (χ0) is 13.2. The molecule has 5 nitrogen and oxygen atoms in total. The Labute approximate surface area is 100 Å². The quantitative estimate of drug-likeness (QED) is 0.594. The van der Waals surface area contributed by atoms with Crippen molar-refractivity contribution in [3.8, 4) is 0 Å². The molecule has 0 fully saturated rings. The number of nitrogens with zero attached hydrogens (tertiary/aromatic N) is 2. The van der Waals surface area contributed by atoms with Gasteiger partial charge in [-0.3, -0.25) is 14.9 Å². The van der Waals surface area contributed by atoms with Gasteiger partial charge in [0, 0.05) is 25.7 Å². The van der Waals surface area contributed by atoms with Gasteiger partial charge in [0.25, 0.3) is 5.69 Å². The van der Waals surface area contributed by atoms with E-state index >= 15 is 0 Å². The minimum Gasteiger partial charge on any atom is -0.349 e. The fourth-order valence-corrected chi connectivity index (χ4v) is 1.57. The van der Waals surface area contributed by atoms with E-state index in [4.69, 9.17) is 0 Å². The van der Waals surface area contributed by atoms with Gasteiger partial charge in [-0.05, 0) is 31.0 Å². The first kappa shape index (κ1) is 13.2. The number of likely N-dealkylation sites (N-methyl/N-ethyl adjacent to an activating group) is 1. The van der Waals surface area contributed by atoms with Crippen LogP contribution in [0, 0.1) is 24.0 Å². The maximum absolute atomic E-state index is 11.6. The van der Waals surface area contributed by atoms with E-state index < -0.39 is 4.92 Å². The van der Waals surface area contributed by atoms with E-state index in [0.29, 0.717) is 5.56 Å². The second-order valence-electron chi connectivity index (χ2n) is 4.29. The summed E-state index contributed by atoms with van der Waals surface area (Å²) in [5.74, 6) is -0.0126. The van der Waals surface area contributed by atoms with Crippen LogP contribution < -0.4 is 0 Å². The van der Waals surface area contributed by atoms with E-state index in [0.717, 1.165) is 11.1 Å². The van der Waals surface area contributed by atoms with Crippen LogP contribution in [0.4, 0.5) is 5.69 Å². The summed E-state index contributed by atoms with van der Waals surface area (Å²) in [6.45, 7) is 3.46. The number of nitro benzene ring substituents is 1. The maximum atomic E-state index is 11.6. The van der Waals surface area contributed by atoms with Crippen molar-refractivity contribution in [2.45, 2.75) is 20.3 Å². The first-order chi connectivity index (χ1) is 7.82. The number of aryl methyl sites for hydroxylation is 2. The minimum absolute atomic E-state index is 0.0126. The van der Waals surface area contributed by atoms with E-state index in [-0.39, 0.29) is 18.0 Å². The SMILES string of the molecule is Cc1cc([N+](=O)[O-])c(C)cc1CC(=O)N(C)C. The maximum Gasteiger partial charge on any atom is 0.272 e. The molecule has 0 aliphatic rings. The van der Waals surface area contributed by atoms with Crippen molar-refractivity contribution in [1.82, 2.24) is 4.90 Å². The van der Waals surface area contributed by atoms with Crippen LogP contribution in [-0.2, 0) is 11.2 Å². The fourth-order valence-electron chi connectivity index (χ4n) is 1.57. The molecule has 0 radical (unpaired) electrons. The first-order valence-corrected chi connectivity index (χ1v) is 5.27. The zero-order valence-electron chi connectivity index (χ0n) is 10.5. The highest BCUT2D eigenvalue weighted by Crippen LogP contribution is 2.23. The van der Waals surface area contributed by atoms with Gasteiger partial charge in [0.2, 0.25) is 5.91 Å². The Morgan fingerprint density at radius 2 is 1.88 bits per heavy atom. The lowest BCUT2D eigenvalue weighted by Gasteiger charge is -2.12. The highest BCUT2D eigenvalue weighted by Gasteiger charge is 2.15. The van der Waals surface area contributed by atoms with Crippen molar-refractivity contribution in [3.63, 3.8) is 0 Å². The molecule has 0 saturated carbocycles. The van der Waals surface area contributed by atoms with Gasteiger partial charge >= 0.3 is 0 Å². The van der Waals surface area contributed by atoms with Crippen molar-refractivity contribution >= 4 is 11.6 Å². The number of hydrogen-bond acceptors (Lipinski definition) is 3. The van der Waals surface area contributed by atoms with Gasteiger partial charge in [-0.15, -0.1) is 0 Å². The van der Waals surface area contributed by atoms with Crippen LogP contribution in [0.5, 0.6) is 0 Å². The van der Waals surface area contributed by atoms with E-state index in [9.17, 15) is 14.9 Å². The van der Waals surface area contributed by atoms with E-state index in [1.54, 1.807) is 34.0 Å². The van der Waals surface area contributed by atoms with E-state index in [2.05, 4.69) is 0 Å². The highest BCUT2D eigenvalue weighted by atomic mass is 16.6. The second kappa shape index (κ2) is 4.95. The van der Waals surface area contributed by atoms with Crippen molar-refractivity contribution in [2.75, 3.05) is 14.1 Å². The Kier molecular flexibility index (Phi) is 3.83. The smallest absolute Gasteiger partial charge is 0.272 e. The van der Waals surface area contributed by atoms with Gasteiger partial charge in [0.1, 0.15) is 0 Å². The van der Waals surface area contributed by atoms with Crippen LogP contribution in [0.15, 0.2) is 12.1 Å². The summed E-state index contributed by atoms with van der Waals surface area (Å²) in [5, 5.41) is 10.7. The summed E-state index contributed by atoms with van der Waals surface area (Å²) >= 11 is 0. The molecule has 17 heavy (non-hydrogen) atoms. The largest absolute Gasteiger partial charge is 0.349 e. The minimum atomic E-state index is -0.403. The molecule has 1 amide bonds. The van der Waals surface area contributed by atoms with Gasteiger partial charge in [0.15, 0.2) is 0 Å².